The Balaban J connectivity index is 1.60. The summed E-state index contributed by atoms with van der Waals surface area (Å²) < 4.78 is 6.52. The van der Waals surface area contributed by atoms with Crippen molar-refractivity contribution >= 4 is 29.3 Å². The Hall–Kier alpha value is -4.60. The van der Waals surface area contributed by atoms with Crippen molar-refractivity contribution in [1.29, 1.82) is 0 Å². The van der Waals surface area contributed by atoms with Crippen LogP contribution < -0.4 is 0 Å². The molecule has 10 heteroatoms. The van der Waals surface area contributed by atoms with E-state index in [0.29, 0.717) is 16.8 Å². The van der Waals surface area contributed by atoms with Gasteiger partial charge in [0, 0.05) is 34.8 Å². The van der Waals surface area contributed by atoms with Gasteiger partial charge in [-0.05, 0) is 50.2 Å². The fraction of sp³-hybridized carbons (Fsp3) is 0.167. The van der Waals surface area contributed by atoms with Crippen molar-refractivity contribution in [2.75, 3.05) is 13.7 Å². The number of non-ortho nitro benzene ring substituents is 1. The molecule has 0 atom stereocenters. The van der Waals surface area contributed by atoms with Gasteiger partial charge in [0.05, 0.1) is 35.3 Å². The topological polar surface area (TPSA) is 129 Å². The molecule has 3 aromatic rings. The lowest BCUT2D eigenvalue weighted by Gasteiger charge is -2.13. The van der Waals surface area contributed by atoms with Crippen LogP contribution in [-0.2, 0) is 4.74 Å². The number of fused-ring (bicyclic) bond motifs is 1. The molecule has 0 unspecified atom stereocenters. The molecule has 0 bridgehead atoms. The summed E-state index contributed by atoms with van der Waals surface area (Å²) >= 11 is 0. The zero-order valence-corrected chi connectivity index (χ0v) is 18.5. The number of rotatable bonds is 6. The van der Waals surface area contributed by atoms with Crippen LogP contribution in [-0.4, -0.2) is 51.6 Å². The normalized spacial score (nSPS) is 12.6. The molecule has 10 nitrogen and oxygen atoms in total. The zero-order valence-electron chi connectivity index (χ0n) is 18.5. The molecule has 0 radical (unpaired) electrons. The number of ketones is 1. The third-order valence-corrected chi connectivity index (χ3v) is 5.74. The minimum absolute atomic E-state index is 0.0274. The van der Waals surface area contributed by atoms with Gasteiger partial charge in [0.1, 0.15) is 0 Å². The van der Waals surface area contributed by atoms with Crippen molar-refractivity contribution in [3.8, 4) is 5.69 Å². The van der Waals surface area contributed by atoms with E-state index in [0.717, 1.165) is 28.4 Å². The van der Waals surface area contributed by atoms with E-state index in [1.54, 1.807) is 44.2 Å². The van der Waals surface area contributed by atoms with Crippen molar-refractivity contribution in [3.05, 3.63) is 92.3 Å². The second-order valence-corrected chi connectivity index (χ2v) is 7.77. The van der Waals surface area contributed by atoms with Gasteiger partial charge < -0.3 is 9.30 Å². The van der Waals surface area contributed by atoms with Gasteiger partial charge in [-0.3, -0.25) is 29.4 Å². The number of ether oxygens (including phenoxy) is 1. The lowest BCUT2D eigenvalue weighted by Crippen LogP contribution is -2.35. The van der Waals surface area contributed by atoms with Gasteiger partial charge >= 0.3 is 5.97 Å². The van der Waals surface area contributed by atoms with Crippen molar-refractivity contribution in [2.45, 2.75) is 13.8 Å². The van der Waals surface area contributed by atoms with Gasteiger partial charge in [0.2, 0.25) is 0 Å². The Labute approximate surface area is 193 Å². The fourth-order valence-electron chi connectivity index (χ4n) is 4.07. The minimum Gasteiger partial charge on any atom is -0.465 e. The van der Waals surface area contributed by atoms with E-state index >= 15 is 0 Å². The summed E-state index contributed by atoms with van der Waals surface area (Å²) in [7, 11) is 1.30. The lowest BCUT2D eigenvalue weighted by molar-refractivity contribution is -0.384. The maximum Gasteiger partial charge on any atom is 0.337 e. The van der Waals surface area contributed by atoms with Crippen molar-refractivity contribution < 1.29 is 28.8 Å². The maximum atomic E-state index is 13.1. The van der Waals surface area contributed by atoms with Crippen LogP contribution in [0.5, 0.6) is 0 Å². The molecule has 1 aliphatic heterocycles. The van der Waals surface area contributed by atoms with Crippen LogP contribution in [0.2, 0.25) is 0 Å². The first-order valence-corrected chi connectivity index (χ1v) is 10.2. The summed E-state index contributed by atoms with van der Waals surface area (Å²) in [6.45, 7) is 3.05. The van der Waals surface area contributed by atoms with Gasteiger partial charge in [0.25, 0.3) is 17.5 Å². The van der Waals surface area contributed by atoms with Gasteiger partial charge in [0.15, 0.2) is 5.78 Å². The number of benzene rings is 2. The molecule has 2 amide bonds. The highest BCUT2D eigenvalue weighted by Crippen LogP contribution is 2.28. The SMILES string of the molecule is COC(=O)c1ccc(-n2c(C)cc(C(=O)CN3C(=O)c4ccc([N+](=O)[O-])cc4C3=O)c2C)cc1. The van der Waals surface area contributed by atoms with Crippen LogP contribution in [0, 0.1) is 24.0 Å². The highest BCUT2D eigenvalue weighted by atomic mass is 16.6. The summed E-state index contributed by atoms with van der Waals surface area (Å²) in [6.07, 6.45) is 0. The summed E-state index contributed by atoms with van der Waals surface area (Å²) in [6, 6.07) is 11.7. The Morgan fingerprint density at radius 2 is 1.62 bits per heavy atom. The van der Waals surface area contributed by atoms with E-state index in [9.17, 15) is 29.3 Å². The molecule has 0 saturated heterocycles. The van der Waals surface area contributed by atoms with Gasteiger partial charge in [-0.2, -0.15) is 0 Å². The molecule has 0 N–H and O–H groups in total. The third kappa shape index (κ3) is 3.64. The van der Waals surface area contributed by atoms with Crippen LogP contribution in [0.3, 0.4) is 0 Å². The largest absolute Gasteiger partial charge is 0.465 e. The molecule has 2 heterocycles. The van der Waals surface area contributed by atoms with Crippen LogP contribution >= 0.6 is 0 Å². The second-order valence-electron chi connectivity index (χ2n) is 7.77. The zero-order chi connectivity index (χ0) is 24.7. The summed E-state index contributed by atoms with van der Waals surface area (Å²) in [5.41, 5.74) is 2.39. The van der Waals surface area contributed by atoms with E-state index in [1.807, 2.05) is 4.57 Å². The molecule has 1 aromatic heterocycles. The molecule has 0 spiro atoms. The third-order valence-electron chi connectivity index (χ3n) is 5.74. The first kappa shape index (κ1) is 22.6. The Bertz CT molecular complexity index is 1390. The van der Waals surface area contributed by atoms with Crippen LogP contribution in [0.25, 0.3) is 5.69 Å². The van der Waals surface area contributed by atoms with E-state index < -0.39 is 35.0 Å². The predicted octanol–water partition coefficient (Wildman–Crippen LogP) is 3.27. The number of Topliss-reactive ketones (excluding diaryl/α,β-unsaturated/α-hetero) is 1. The number of hydrogen-bond donors (Lipinski definition) is 0. The first-order chi connectivity index (χ1) is 16.1. The smallest absolute Gasteiger partial charge is 0.337 e. The minimum atomic E-state index is -0.746. The number of imide groups is 1. The Morgan fingerprint density at radius 3 is 2.24 bits per heavy atom. The molecule has 4 rings (SSSR count). The first-order valence-electron chi connectivity index (χ1n) is 10.2. The standard InChI is InChI=1S/C24H19N3O7/c1-13-10-19(14(2)26(13)16-6-4-15(5-7-16)24(31)34-3)21(28)12-25-22(29)18-9-8-17(27(32)33)11-20(18)23(25)30/h4-11H,12H2,1-3H3. The van der Waals surface area contributed by atoms with E-state index in [1.165, 1.54) is 13.2 Å². The fourth-order valence-corrected chi connectivity index (χ4v) is 4.07. The Morgan fingerprint density at radius 1 is 0.971 bits per heavy atom. The second kappa shape index (κ2) is 8.39. The number of hydrogen-bond acceptors (Lipinski definition) is 7. The number of carbonyl (C=O) groups is 4. The number of carbonyl (C=O) groups excluding carboxylic acids is 4. The number of esters is 1. The van der Waals surface area contributed by atoms with Crippen molar-refractivity contribution in [3.63, 3.8) is 0 Å². The number of nitrogens with zero attached hydrogens (tertiary/aromatic N) is 3. The number of aryl methyl sites for hydroxylation is 1. The molecular formula is C24H19N3O7. The molecule has 34 heavy (non-hydrogen) atoms. The lowest BCUT2D eigenvalue weighted by atomic mass is 10.1. The van der Waals surface area contributed by atoms with Crippen molar-refractivity contribution in [1.82, 2.24) is 9.47 Å². The molecule has 0 fully saturated rings. The number of methoxy groups -OCH3 is 1. The molecule has 172 valence electrons. The summed E-state index contributed by atoms with van der Waals surface area (Å²) in [5.74, 6) is -2.33. The van der Waals surface area contributed by atoms with Crippen LogP contribution in [0.1, 0.15) is 52.8 Å². The highest BCUT2D eigenvalue weighted by molar-refractivity contribution is 6.23. The van der Waals surface area contributed by atoms with E-state index in [4.69, 9.17) is 4.74 Å². The van der Waals surface area contributed by atoms with Crippen LogP contribution in [0.15, 0.2) is 48.5 Å². The van der Waals surface area contributed by atoms with Gasteiger partial charge in [-0.1, -0.05) is 0 Å². The Kier molecular flexibility index (Phi) is 5.58. The highest BCUT2D eigenvalue weighted by Gasteiger charge is 2.38. The molecule has 0 aliphatic carbocycles. The van der Waals surface area contributed by atoms with Gasteiger partial charge in [-0.15, -0.1) is 0 Å². The average Bonchev–Trinajstić information content (AvgIpc) is 3.25. The molecular weight excluding hydrogens is 442 g/mol. The predicted molar refractivity (Wildman–Crippen MR) is 119 cm³/mol. The number of aromatic nitrogens is 1. The summed E-state index contributed by atoms with van der Waals surface area (Å²) in [5, 5.41) is 11.0. The summed E-state index contributed by atoms with van der Waals surface area (Å²) in [4.78, 5) is 61.3. The quantitative estimate of drug-likeness (QED) is 0.181. The van der Waals surface area contributed by atoms with Crippen LogP contribution in [0.4, 0.5) is 5.69 Å². The van der Waals surface area contributed by atoms with Gasteiger partial charge in [-0.25, -0.2) is 4.79 Å². The van der Waals surface area contributed by atoms with Crippen molar-refractivity contribution in [2.24, 2.45) is 0 Å². The molecule has 1 aliphatic rings. The number of nitro groups is 1. The number of amides is 2. The number of nitro benzene ring substituents is 1. The average molecular weight is 461 g/mol. The van der Waals surface area contributed by atoms with E-state index in [2.05, 4.69) is 0 Å². The van der Waals surface area contributed by atoms with E-state index in [-0.39, 0.29) is 16.8 Å². The molecule has 2 aromatic carbocycles. The monoisotopic (exact) mass is 461 g/mol. The molecule has 0 saturated carbocycles. The maximum absolute atomic E-state index is 13.1.